The van der Waals surface area contributed by atoms with Crippen molar-refractivity contribution in [3.63, 3.8) is 0 Å². The molecule has 4 nitrogen and oxygen atoms in total. The number of fused-ring (bicyclic) bond motifs is 1. The van der Waals surface area contributed by atoms with Crippen LogP contribution < -0.4 is 5.32 Å². The standard InChI is InChI=1S/C17H19ClN4/c1-4-9-19-15-10-11(2)20-17-12(3)16(21-22(15)17)13-5-7-14(18)8-6-13/h5-8,10,19H,4,9H2,1-3H3. The number of rotatable bonds is 4. The van der Waals surface area contributed by atoms with Gasteiger partial charge in [0.15, 0.2) is 5.65 Å². The van der Waals surface area contributed by atoms with Gasteiger partial charge in [0.2, 0.25) is 0 Å². The van der Waals surface area contributed by atoms with Crippen molar-refractivity contribution in [2.24, 2.45) is 0 Å². The number of halogens is 1. The molecular weight excluding hydrogens is 296 g/mol. The number of anilines is 1. The van der Waals surface area contributed by atoms with Crippen molar-refractivity contribution in [2.45, 2.75) is 27.2 Å². The highest BCUT2D eigenvalue weighted by molar-refractivity contribution is 6.30. The molecule has 0 aliphatic heterocycles. The van der Waals surface area contributed by atoms with Crippen molar-refractivity contribution in [2.75, 3.05) is 11.9 Å². The van der Waals surface area contributed by atoms with Gasteiger partial charge in [0, 0.05) is 34.5 Å². The molecule has 2 aromatic heterocycles. The average Bonchev–Trinajstić information content (AvgIpc) is 2.83. The lowest BCUT2D eigenvalue weighted by atomic mass is 10.1. The summed E-state index contributed by atoms with van der Waals surface area (Å²) in [6.45, 7) is 7.12. The minimum atomic E-state index is 0.726. The molecule has 3 aromatic rings. The molecule has 0 atom stereocenters. The summed E-state index contributed by atoms with van der Waals surface area (Å²) in [5, 5.41) is 8.90. The van der Waals surface area contributed by atoms with Gasteiger partial charge >= 0.3 is 0 Å². The molecule has 0 saturated heterocycles. The van der Waals surface area contributed by atoms with Crippen LogP contribution in [0.4, 0.5) is 5.82 Å². The van der Waals surface area contributed by atoms with Gasteiger partial charge in [-0.2, -0.15) is 9.61 Å². The first-order valence-corrected chi connectivity index (χ1v) is 7.84. The Bertz CT molecular complexity index is 806. The number of aryl methyl sites for hydroxylation is 2. The van der Waals surface area contributed by atoms with Crippen LogP contribution in [-0.4, -0.2) is 21.1 Å². The lowest BCUT2D eigenvalue weighted by Crippen LogP contribution is -2.07. The molecular formula is C17H19ClN4. The van der Waals surface area contributed by atoms with E-state index in [1.807, 2.05) is 41.8 Å². The zero-order valence-electron chi connectivity index (χ0n) is 13.0. The van der Waals surface area contributed by atoms with E-state index in [-0.39, 0.29) is 0 Å². The van der Waals surface area contributed by atoms with Crippen LogP contribution in [0.5, 0.6) is 0 Å². The molecule has 22 heavy (non-hydrogen) atoms. The highest BCUT2D eigenvalue weighted by Gasteiger charge is 2.14. The van der Waals surface area contributed by atoms with Gasteiger partial charge in [-0.3, -0.25) is 0 Å². The first-order valence-electron chi connectivity index (χ1n) is 7.47. The molecule has 1 aromatic carbocycles. The van der Waals surface area contributed by atoms with Crippen molar-refractivity contribution in [1.29, 1.82) is 0 Å². The second-order valence-corrected chi connectivity index (χ2v) is 5.86. The van der Waals surface area contributed by atoms with E-state index in [0.717, 1.165) is 52.0 Å². The van der Waals surface area contributed by atoms with Gasteiger partial charge in [-0.05, 0) is 32.4 Å². The smallest absolute Gasteiger partial charge is 0.161 e. The number of nitrogens with one attached hydrogen (secondary N) is 1. The number of hydrogen-bond donors (Lipinski definition) is 1. The van der Waals surface area contributed by atoms with Crippen LogP contribution in [0, 0.1) is 13.8 Å². The highest BCUT2D eigenvalue weighted by Crippen LogP contribution is 2.27. The van der Waals surface area contributed by atoms with E-state index in [1.54, 1.807) is 0 Å². The first-order chi connectivity index (χ1) is 10.6. The molecule has 1 N–H and O–H groups in total. The minimum absolute atomic E-state index is 0.726. The van der Waals surface area contributed by atoms with E-state index in [1.165, 1.54) is 0 Å². The van der Waals surface area contributed by atoms with E-state index in [9.17, 15) is 0 Å². The normalized spacial score (nSPS) is 11.1. The molecule has 2 heterocycles. The molecule has 0 saturated carbocycles. The summed E-state index contributed by atoms with van der Waals surface area (Å²) in [4.78, 5) is 4.64. The molecule has 0 amide bonds. The van der Waals surface area contributed by atoms with Crippen molar-refractivity contribution in [1.82, 2.24) is 14.6 Å². The van der Waals surface area contributed by atoms with Crippen molar-refractivity contribution >= 4 is 23.1 Å². The lowest BCUT2D eigenvalue weighted by Gasteiger charge is -2.07. The van der Waals surface area contributed by atoms with Gasteiger partial charge in [0.25, 0.3) is 0 Å². The number of aromatic nitrogens is 3. The van der Waals surface area contributed by atoms with Crippen LogP contribution >= 0.6 is 11.6 Å². The van der Waals surface area contributed by atoms with Crippen LogP contribution in [-0.2, 0) is 0 Å². The van der Waals surface area contributed by atoms with Crippen LogP contribution in [0.1, 0.15) is 24.6 Å². The fourth-order valence-corrected chi connectivity index (χ4v) is 2.63. The Morgan fingerprint density at radius 2 is 1.91 bits per heavy atom. The summed E-state index contributed by atoms with van der Waals surface area (Å²) in [6, 6.07) is 9.78. The molecule has 0 aliphatic carbocycles. The van der Waals surface area contributed by atoms with Crippen molar-refractivity contribution in [3.8, 4) is 11.3 Å². The fourth-order valence-electron chi connectivity index (χ4n) is 2.51. The zero-order valence-corrected chi connectivity index (χ0v) is 13.8. The third-order valence-corrected chi connectivity index (χ3v) is 3.87. The van der Waals surface area contributed by atoms with E-state index in [4.69, 9.17) is 16.7 Å². The third kappa shape index (κ3) is 2.66. The molecule has 0 bridgehead atoms. The molecule has 0 unspecified atom stereocenters. The van der Waals surface area contributed by atoms with Gasteiger partial charge in [-0.15, -0.1) is 0 Å². The third-order valence-electron chi connectivity index (χ3n) is 3.62. The predicted molar refractivity (Wildman–Crippen MR) is 91.7 cm³/mol. The Hall–Kier alpha value is -2.07. The van der Waals surface area contributed by atoms with E-state index >= 15 is 0 Å². The number of nitrogens with zero attached hydrogens (tertiary/aromatic N) is 3. The maximum absolute atomic E-state index is 5.97. The number of benzene rings is 1. The summed E-state index contributed by atoms with van der Waals surface area (Å²) in [6.07, 6.45) is 1.06. The topological polar surface area (TPSA) is 42.2 Å². The maximum Gasteiger partial charge on any atom is 0.161 e. The molecule has 0 radical (unpaired) electrons. The maximum atomic E-state index is 5.97. The second kappa shape index (κ2) is 5.97. The van der Waals surface area contributed by atoms with Crippen molar-refractivity contribution in [3.05, 3.63) is 46.6 Å². The monoisotopic (exact) mass is 314 g/mol. The summed E-state index contributed by atoms with van der Waals surface area (Å²) >= 11 is 5.97. The van der Waals surface area contributed by atoms with Crippen LogP contribution in [0.2, 0.25) is 5.02 Å². The summed E-state index contributed by atoms with van der Waals surface area (Å²) < 4.78 is 1.89. The van der Waals surface area contributed by atoms with Crippen LogP contribution in [0.15, 0.2) is 30.3 Å². The Labute approximate surface area is 135 Å². The summed E-state index contributed by atoms with van der Waals surface area (Å²) in [5.74, 6) is 0.979. The van der Waals surface area contributed by atoms with Gasteiger partial charge in [0.1, 0.15) is 5.82 Å². The molecule has 114 valence electrons. The Morgan fingerprint density at radius 1 is 1.18 bits per heavy atom. The zero-order chi connectivity index (χ0) is 15.7. The SMILES string of the molecule is CCCNc1cc(C)nc2c(C)c(-c3ccc(Cl)cc3)nn12. The van der Waals surface area contributed by atoms with Gasteiger partial charge in [0.05, 0.1) is 5.69 Å². The first kappa shape index (κ1) is 14.9. The van der Waals surface area contributed by atoms with Gasteiger partial charge < -0.3 is 5.32 Å². The average molecular weight is 315 g/mol. The highest BCUT2D eigenvalue weighted by atomic mass is 35.5. The molecule has 0 spiro atoms. The van der Waals surface area contributed by atoms with Crippen molar-refractivity contribution < 1.29 is 0 Å². The molecule has 5 heteroatoms. The quantitative estimate of drug-likeness (QED) is 0.771. The van der Waals surface area contributed by atoms with Gasteiger partial charge in [-0.25, -0.2) is 4.98 Å². The number of hydrogen-bond acceptors (Lipinski definition) is 3. The molecule has 0 aliphatic rings. The largest absolute Gasteiger partial charge is 0.370 e. The van der Waals surface area contributed by atoms with E-state index in [0.29, 0.717) is 0 Å². The van der Waals surface area contributed by atoms with Crippen LogP contribution in [0.25, 0.3) is 16.9 Å². The Morgan fingerprint density at radius 3 is 2.59 bits per heavy atom. The fraction of sp³-hybridized carbons (Fsp3) is 0.294. The lowest BCUT2D eigenvalue weighted by molar-refractivity contribution is 0.899. The van der Waals surface area contributed by atoms with E-state index < -0.39 is 0 Å². The summed E-state index contributed by atoms with van der Waals surface area (Å²) in [7, 11) is 0. The Balaban J connectivity index is 2.17. The predicted octanol–water partition coefficient (Wildman–Crippen LogP) is 4.49. The van der Waals surface area contributed by atoms with Gasteiger partial charge in [-0.1, -0.05) is 30.7 Å². The second-order valence-electron chi connectivity index (χ2n) is 5.43. The molecule has 3 rings (SSSR count). The van der Waals surface area contributed by atoms with E-state index in [2.05, 4.69) is 24.1 Å². The minimum Gasteiger partial charge on any atom is -0.370 e. The molecule has 0 fully saturated rings. The Kier molecular flexibility index (Phi) is 4.03. The van der Waals surface area contributed by atoms with Crippen LogP contribution in [0.3, 0.4) is 0 Å². The summed E-state index contributed by atoms with van der Waals surface area (Å²) in [5.41, 5.74) is 4.94.